The molecule has 1 fully saturated rings. The molecule has 1 saturated heterocycles. The van der Waals surface area contributed by atoms with Crippen LogP contribution in [0.4, 0.5) is 10.5 Å². The normalized spacial score (nSPS) is 14.8. The number of anilines is 1. The van der Waals surface area contributed by atoms with Gasteiger partial charge in [0.25, 0.3) is 11.1 Å². The summed E-state index contributed by atoms with van der Waals surface area (Å²) in [6.45, 7) is 3.80. The Hall–Kier alpha value is -2.24. The summed E-state index contributed by atoms with van der Waals surface area (Å²) < 4.78 is 11.8. The van der Waals surface area contributed by atoms with E-state index in [1.54, 1.807) is 30.3 Å². The van der Waals surface area contributed by atoms with Crippen LogP contribution in [0, 0.1) is 10.5 Å². The highest BCUT2D eigenvalue weighted by Crippen LogP contribution is 2.37. The number of carbonyl (C=O) groups excluding carboxylic acids is 3. The number of imide groups is 1. The molecular weight excluding hydrogens is 567 g/mol. The minimum absolute atomic E-state index is 0.226. The number of nitrogens with one attached hydrogen (secondary N) is 1. The molecule has 3 rings (SSSR count). The van der Waals surface area contributed by atoms with E-state index in [0.717, 1.165) is 25.8 Å². The number of nitrogens with zero attached hydrogens (tertiary/aromatic N) is 1. The number of amides is 3. The lowest BCUT2D eigenvalue weighted by Crippen LogP contribution is -2.36. The van der Waals surface area contributed by atoms with Crippen LogP contribution in [-0.4, -0.2) is 42.2 Å². The molecule has 3 amide bonds. The van der Waals surface area contributed by atoms with E-state index in [2.05, 4.69) is 27.9 Å². The Labute approximate surface area is 208 Å². The number of ether oxygens (including phenoxy) is 2. The summed E-state index contributed by atoms with van der Waals surface area (Å²) in [6.07, 6.45) is 1.60. The predicted molar refractivity (Wildman–Crippen MR) is 134 cm³/mol. The molecular formula is C22H20ClIN2O5S. The molecule has 2 aromatic carbocycles. The lowest BCUT2D eigenvalue weighted by Gasteiger charge is -2.14. The molecule has 0 unspecified atom stereocenters. The summed E-state index contributed by atoms with van der Waals surface area (Å²) >= 11 is 8.89. The number of halogens is 2. The maximum Gasteiger partial charge on any atom is 0.294 e. The van der Waals surface area contributed by atoms with E-state index in [1.165, 1.54) is 7.11 Å². The molecule has 1 aliphatic rings. The van der Waals surface area contributed by atoms with Gasteiger partial charge in [-0.2, -0.15) is 0 Å². The molecule has 0 saturated carbocycles. The largest absolute Gasteiger partial charge is 0.493 e. The standard InChI is InChI=1S/C22H20ClIN2O5S/c1-4-31-20-15(24)7-13(8-17(20)30-3)9-18-21(28)26(22(29)32-18)11-19(27)25-16-10-14(23)6-5-12(16)2/h5-10H,4,11H2,1-3H3,(H,25,27)/b18-9+. The van der Waals surface area contributed by atoms with E-state index in [1.807, 2.05) is 19.9 Å². The molecule has 1 N–H and O–H groups in total. The topological polar surface area (TPSA) is 84.9 Å². The van der Waals surface area contributed by atoms with Gasteiger partial charge in [-0.05, 0) is 89.7 Å². The summed E-state index contributed by atoms with van der Waals surface area (Å²) in [6, 6.07) is 8.66. The molecule has 0 radical (unpaired) electrons. The van der Waals surface area contributed by atoms with Gasteiger partial charge in [0, 0.05) is 10.7 Å². The van der Waals surface area contributed by atoms with Gasteiger partial charge in [-0.15, -0.1) is 0 Å². The van der Waals surface area contributed by atoms with E-state index < -0.39 is 23.6 Å². The van der Waals surface area contributed by atoms with Gasteiger partial charge in [-0.3, -0.25) is 19.3 Å². The Morgan fingerprint density at radius 1 is 1.28 bits per heavy atom. The number of thioether (sulfide) groups is 1. The van der Waals surface area contributed by atoms with Crippen molar-refractivity contribution in [3.05, 3.63) is 55.0 Å². The number of aryl methyl sites for hydroxylation is 1. The van der Waals surface area contributed by atoms with Crippen LogP contribution in [0.3, 0.4) is 0 Å². The SMILES string of the molecule is CCOc1c(I)cc(/C=C2/SC(=O)N(CC(=O)Nc3cc(Cl)ccc3C)C2=O)cc1OC. The number of methoxy groups -OCH3 is 1. The first-order valence-electron chi connectivity index (χ1n) is 9.55. The van der Waals surface area contributed by atoms with Crippen molar-refractivity contribution in [1.29, 1.82) is 0 Å². The van der Waals surface area contributed by atoms with Crippen LogP contribution in [-0.2, 0) is 9.59 Å². The van der Waals surface area contributed by atoms with E-state index in [9.17, 15) is 14.4 Å². The summed E-state index contributed by atoms with van der Waals surface area (Å²) in [5, 5.41) is 2.66. The first-order valence-corrected chi connectivity index (χ1v) is 11.8. The van der Waals surface area contributed by atoms with E-state index >= 15 is 0 Å². The van der Waals surface area contributed by atoms with Gasteiger partial charge in [0.05, 0.1) is 22.2 Å². The van der Waals surface area contributed by atoms with Crippen molar-refractivity contribution in [3.63, 3.8) is 0 Å². The molecule has 10 heteroatoms. The summed E-state index contributed by atoms with van der Waals surface area (Å²) in [5.41, 5.74) is 2.02. The maximum atomic E-state index is 12.8. The Balaban J connectivity index is 1.77. The predicted octanol–water partition coefficient (Wildman–Crippen LogP) is 5.34. The fourth-order valence-corrected chi connectivity index (χ4v) is 4.75. The molecule has 32 heavy (non-hydrogen) atoms. The number of hydrogen-bond acceptors (Lipinski definition) is 6. The fraction of sp³-hybridized carbons (Fsp3) is 0.227. The van der Waals surface area contributed by atoms with Gasteiger partial charge in [0.15, 0.2) is 11.5 Å². The first kappa shape index (κ1) is 24.4. The van der Waals surface area contributed by atoms with Gasteiger partial charge in [-0.25, -0.2) is 0 Å². The van der Waals surface area contributed by atoms with Crippen molar-refractivity contribution in [2.45, 2.75) is 13.8 Å². The Kier molecular flexibility index (Phi) is 8.07. The summed E-state index contributed by atoms with van der Waals surface area (Å²) in [7, 11) is 1.53. The van der Waals surface area contributed by atoms with Gasteiger partial charge >= 0.3 is 0 Å². The van der Waals surface area contributed by atoms with E-state index in [4.69, 9.17) is 21.1 Å². The highest BCUT2D eigenvalue weighted by Gasteiger charge is 2.36. The number of hydrogen-bond donors (Lipinski definition) is 1. The molecule has 1 aliphatic heterocycles. The minimum Gasteiger partial charge on any atom is -0.493 e. The summed E-state index contributed by atoms with van der Waals surface area (Å²) in [4.78, 5) is 38.8. The fourth-order valence-electron chi connectivity index (χ4n) is 2.96. The van der Waals surface area contributed by atoms with Crippen LogP contribution in [0.1, 0.15) is 18.1 Å². The smallest absolute Gasteiger partial charge is 0.294 e. The van der Waals surface area contributed by atoms with Gasteiger partial charge in [-0.1, -0.05) is 17.7 Å². The van der Waals surface area contributed by atoms with Crippen LogP contribution in [0.15, 0.2) is 35.2 Å². The molecule has 0 aromatic heterocycles. The van der Waals surface area contributed by atoms with Gasteiger partial charge in [0.2, 0.25) is 5.91 Å². The third kappa shape index (κ3) is 5.57. The Morgan fingerprint density at radius 2 is 2.03 bits per heavy atom. The minimum atomic E-state index is -0.527. The Morgan fingerprint density at radius 3 is 2.72 bits per heavy atom. The van der Waals surface area contributed by atoms with Crippen molar-refractivity contribution in [3.8, 4) is 11.5 Å². The quantitative estimate of drug-likeness (QED) is 0.349. The van der Waals surface area contributed by atoms with E-state index in [-0.39, 0.29) is 4.91 Å². The molecule has 7 nitrogen and oxygen atoms in total. The van der Waals surface area contributed by atoms with Gasteiger partial charge in [0.1, 0.15) is 6.54 Å². The lowest BCUT2D eigenvalue weighted by molar-refractivity contribution is -0.127. The average molecular weight is 587 g/mol. The maximum absolute atomic E-state index is 12.8. The second-order valence-electron chi connectivity index (χ2n) is 6.74. The van der Waals surface area contributed by atoms with Crippen LogP contribution in [0.2, 0.25) is 5.02 Å². The number of carbonyl (C=O) groups is 3. The molecule has 0 aliphatic carbocycles. The molecule has 1 heterocycles. The van der Waals surface area contributed by atoms with Crippen LogP contribution in [0.25, 0.3) is 6.08 Å². The lowest BCUT2D eigenvalue weighted by atomic mass is 10.2. The third-order valence-electron chi connectivity index (χ3n) is 4.49. The second-order valence-corrected chi connectivity index (χ2v) is 9.33. The molecule has 0 atom stereocenters. The van der Waals surface area contributed by atoms with Crippen molar-refractivity contribution in [2.24, 2.45) is 0 Å². The highest BCUT2D eigenvalue weighted by molar-refractivity contribution is 14.1. The second kappa shape index (κ2) is 10.6. The average Bonchev–Trinajstić information content (AvgIpc) is 2.99. The van der Waals surface area contributed by atoms with Crippen molar-refractivity contribution in [2.75, 3.05) is 25.6 Å². The van der Waals surface area contributed by atoms with Crippen molar-refractivity contribution >= 4 is 74.8 Å². The molecule has 168 valence electrons. The molecule has 0 spiro atoms. The zero-order chi connectivity index (χ0) is 23.4. The first-order chi connectivity index (χ1) is 15.2. The zero-order valence-corrected chi connectivity index (χ0v) is 21.3. The highest BCUT2D eigenvalue weighted by atomic mass is 127. The summed E-state index contributed by atoms with van der Waals surface area (Å²) in [5.74, 6) is 0.131. The van der Waals surface area contributed by atoms with Crippen LogP contribution >= 0.6 is 46.0 Å². The van der Waals surface area contributed by atoms with E-state index in [0.29, 0.717) is 34.4 Å². The number of benzene rings is 2. The number of rotatable bonds is 7. The third-order valence-corrected chi connectivity index (χ3v) is 6.43. The van der Waals surface area contributed by atoms with Crippen molar-refractivity contribution in [1.82, 2.24) is 4.90 Å². The van der Waals surface area contributed by atoms with Crippen LogP contribution < -0.4 is 14.8 Å². The zero-order valence-electron chi connectivity index (χ0n) is 17.5. The van der Waals surface area contributed by atoms with Crippen molar-refractivity contribution < 1.29 is 23.9 Å². The van der Waals surface area contributed by atoms with Gasteiger partial charge < -0.3 is 14.8 Å². The monoisotopic (exact) mass is 586 g/mol. The Bertz CT molecular complexity index is 1120. The molecule has 2 aromatic rings. The van der Waals surface area contributed by atoms with Crippen LogP contribution in [0.5, 0.6) is 11.5 Å². The molecule has 0 bridgehead atoms.